The molecule has 0 unspecified atom stereocenters. The Morgan fingerprint density at radius 1 is 1.07 bits per heavy atom. The van der Waals surface area contributed by atoms with Crippen molar-refractivity contribution in [3.63, 3.8) is 0 Å². The number of carbonyl (C=O) groups is 1. The largest absolute Gasteiger partial charge is 0.478 e. The molecule has 2 aromatic carbocycles. The smallest absolute Gasteiger partial charge is 0.339 e. The zero-order chi connectivity index (χ0) is 19.2. The Hall–Kier alpha value is -2.92. The SMILES string of the molecule is CN(CCc1ccccc1)c1ncc(C(=O)O)c(Cc2ccc(Cl)cc2)n1. The number of halogens is 1. The van der Waals surface area contributed by atoms with E-state index < -0.39 is 5.97 Å². The molecule has 0 bridgehead atoms. The minimum absolute atomic E-state index is 0.116. The molecule has 1 N–H and O–H groups in total. The summed E-state index contributed by atoms with van der Waals surface area (Å²) in [5, 5.41) is 10.1. The van der Waals surface area contributed by atoms with Crippen LogP contribution in [0.4, 0.5) is 5.95 Å². The quantitative estimate of drug-likeness (QED) is 0.667. The maximum absolute atomic E-state index is 11.5. The third-order valence-electron chi connectivity index (χ3n) is 4.29. The van der Waals surface area contributed by atoms with E-state index in [1.807, 2.05) is 42.3 Å². The number of anilines is 1. The Labute approximate surface area is 163 Å². The predicted molar refractivity (Wildman–Crippen MR) is 107 cm³/mol. The van der Waals surface area contributed by atoms with Crippen LogP contribution in [0.15, 0.2) is 60.8 Å². The van der Waals surface area contributed by atoms with Gasteiger partial charge in [0.15, 0.2) is 0 Å². The van der Waals surface area contributed by atoms with Crippen LogP contribution < -0.4 is 4.90 Å². The number of benzene rings is 2. The van der Waals surface area contributed by atoms with Gasteiger partial charge in [-0.2, -0.15) is 0 Å². The van der Waals surface area contributed by atoms with Crippen LogP contribution in [0, 0.1) is 0 Å². The fourth-order valence-electron chi connectivity index (χ4n) is 2.74. The van der Waals surface area contributed by atoms with Crippen molar-refractivity contribution in [3.8, 4) is 0 Å². The van der Waals surface area contributed by atoms with Gasteiger partial charge in [-0.25, -0.2) is 14.8 Å². The second-order valence-electron chi connectivity index (χ2n) is 6.30. The molecule has 0 fully saturated rings. The summed E-state index contributed by atoms with van der Waals surface area (Å²) in [7, 11) is 1.91. The molecular formula is C21H20ClN3O2. The van der Waals surface area contributed by atoms with Gasteiger partial charge in [-0.05, 0) is 29.7 Å². The van der Waals surface area contributed by atoms with Gasteiger partial charge in [0, 0.05) is 31.2 Å². The van der Waals surface area contributed by atoms with Gasteiger partial charge >= 0.3 is 5.97 Å². The Morgan fingerprint density at radius 2 is 1.78 bits per heavy atom. The highest BCUT2D eigenvalue weighted by Crippen LogP contribution is 2.17. The standard InChI is InChI=1S/C21H20ClN3O2/c1-25(12-11-15-5-3-2-4-6-15)21-23-14-18(20(26)27)19(24-21)13-16-7-9-17(22)10-8-16/h2-10,14H,11-13H2,1H3,(H,26,27). The van der Waals surface area contributed by atoms with Crippen LogP contribution in [0.2, 0.25) is 5.02 Å². The molecule has 138 valence electrons. The Balaban J connectivity index is 1.79. The van der Waals surface area contributed by atoms with E-state index in [1.165, 1.54) is 11.8 Å². The molecule has 0 aliphatic heterocycles. The van der Waals surface area contributed by atoms with Crippen molar-refractivity contribution in [3.05, 3.63) is 88.2 Å². The highest BCUT2D eigenvalue weighted by Gasteiger charge is 2.16. The first-order valence-corrected chi connectivity index (χ1v) is 8.99. The van der Waals surface area contributed by atoms with Gasteiger partial charge in [-0.15, -0.1) is 0 Å². The molecule has 1 heterocycles. The van der Waals surface area contributed by atoms with E-state index in [0.717, 1.165) is 18.5 Å². The lowest BCUT2D eigenvalue weighted by molar-refractivity contribution is 0.0695. The van der Waals surface area contributed by atoms with Crippen LogP contribution in [0.25, 0.3) is 0 Å². The van der Waals surface area contributed by atoms with Crippen molar-refractivity contribution in [2.45, 2.75) is 12.8 Å². The number of aromatic nitrogens is 2. The summed E-state index contributed by atoms with van der Waals surface area (Å²) < 4.78 is 0. The third kappa shape index (κ3) is 5.05. The number of nitrogens with zero attached hydrogens (tertiary/aromatic N) is 3. The molecule has 0 spiro atoms. The van der Waals surface area contributed by atoms with E-state index in [-0.39, 0.29) is 5.56 Å². The predicted octanol–water partition coefficient (Wildman–Crippen LogP) is 4.10. The van der Waals surface area contributed by atoms with Crippen LogP contribution in [0.5, 0.6) is 0 Å². The average Bonchev–Trinajstić information content (AvgIpc) is 2.68. The summed E-state index contributed by atoms with van der Waals surface area (Å²) in [6.07, 6.45) is 2.64. The minimum atomic E-state index is -1.03. The van der Waals surface area contributed by atoms with Gasteiger partial charge in [0.2, 0.25) is 5.95 Å². The number of carboxylic acid groups (broad SMARTS) is 1. The van der Waals surface area contributed by atoms with Gasteiger partial charge in [0.1, 0.15) is 0 Å². The number of hydrogen-bond donors (Lipinski definition) is 1. The first-order valence-electron chi connectivity index (χ1n) is 8.61. The second-order valence-corrected chi connectivity index (χ2v) is 6.73. The average molecular weight is 382 g/mol. The van der Waals surface area contributed by atoms with Gasteiger partial charge in [-0.3, -0.25) is 0 Å². The third-order valence-corrected chi connectivity index (χ3v) is 4.54. The lowest BCUT2D eigenvalue weighted by Gasteiger charge is -2.18. The molecule has 0 saturated carbocycles. The second kappa shape index (κ2) is 8.64. The van der Waals surface area contributed by atoms with E-state index in [0.29, 0.717) is 23.1 Å². The maximum atomic E-state index is 11.5. The van der Waals surface area contributed by atoms with E-state index >= 15 is 0 Å². The lowest BCUT2D eigenvalue weighted by atomic mass is 10.1. The zero-order valence-electron chi connectivity index (χ0n) is 15.0. The maximum Gasteiger partial charge on any atom is 0.339 e. The van der Waals surface area contributed by atoms with Crippen LogP contribution in [0.1, 0.15) is 27.2 Å². The fraction of sp³-hybridized carbons (Fsp3) is 0.190. The Morgan fingerprint density at radius 3 is 2.44 bits per heavy atom. The summed E-state index contributed by atoms with van der Waals surface area (Å²) in [6.45, 7) is 0.733. The Kier molecular flexibility index (Phi) is 6.04. The number of hydrogen-bond acceptors (Lipinski definition) is 4. The van der Waals surface area contributed by atoms with Gasteiger partial charge < -0.3 is 10.0 Å². The molecule has 27 heavy (non-hydrogen) atoms. The van der Waals surface area contributed by atoms with Crippen molar-refractivity contribution >= 4 is 23.5 Å². The van der Waals surface area contributed by atoms with E-state index in [9.17, 15) is 9.90 Å². The number of carboxylic acids is 1. The molecule has 6 heteroatoms. The van der Waals surface area contributed by atoms with Crippen LogP contribution in [-0.4, -0.2) is 34.6 Å². The number of aromatic carboxylic acids is 1. The summed E-state index contributed by atoms with van der Waals surface area (Å²) >= 11 is 5.92. The summed E-state index contributed by atoms with van der Waals surface area (Å²) in [5.74, 6) is -0.516. The summed E-state index contributed by atoms with van der Waals surface area (Å²) in [5.41, 5.74) is 2.78. The molecule has 1 aromatic heterocycles. The van der Waals surface area contributed by atoms with Gasteiger partial charge in [0.25, 0.3) is 0 Å². The molecule has 0 amide bonds. The van der Waals surface area contributed by atoms with E-state index in [4.69, 9.17) is 11.6 Å². The highest BCUT2D eigenvalue weighted by atomic mass is 35.5. The summed E-state index contributed by atoms with van der Waals surface area (Å²) in [4.78, 5) is 22.2. The molecule has 3 aromatic rings. The first kappa shape index (κ1) is 18.9. The molecule has 3 rings (SSSR count). The topological polar surface area (TPSA) is 66.3 Å². The lowest BCUT2D eigenvalue weighted by Crippen LogP contribution is -2.24. The van der Waals surface area contributed by atoms with Gasteiger partial charge in [0.05, 0.1) is 11.3 Å². The van der Waals surface area contributed by atoms with Crippen molar-refractivity contribution in [1.82, 2.24) is 9.97 Å². The minimum Gasteiger partial charge on any atom is -0.478 e. The number of likely N-dealkylation sites (N-methyl/N-ethyl adjacent to an activating group) is 1. The highest BCUT2D eigenvalue weighted by molar-refractivity contribution is 6.30. The molecule has 0 saturated heterocycles. The molecular weight excluding hydrogens is 362 g/mol. The monoisotopic (exact) mass is 381 g/mol. The fourth-order valence-corrected chi connectivity index (χ4v) is 2.87. The van der Waals surface area contributed by atoms with Crippen LogP contribution in [-0.2, 0) is 12.8 Å². The first-order chi connectivity index (χ1) is 13.0. The van der Waals surface area contributed by atoms with E-state index in [1.54, 1.807) is 12.1 Å². The molecule has 0 aliphatic rings. The molecule has 0 radical (unpaired) electrons. The van der Waals surface area contributed by atoms with Crippen LogP contribution in [0.3, 0.4) is 0 Å². The van der Waals surface area contributed by atoms with Crippen molar-refractivity contribution in [2.24, 2.45) is 0 Å². The van der Waals surface area contributed by atoms with Crippen LogP contribution >= 0.6 is 11.6 Å². The van der Waals surface area contributed by atoms with Crippen molar-refractivity contribution < 1.29 is 9.90 Å². The zero-order valence-corrected chi connectivity index (χ0v) is 15.7. The molecule has 5 nitrogen and oxygen atoms in total. The normalized spacial score (nSPS) is 10.6. The van der Waals surface area contributed by atoms with Gasteiger partial charge in [-0.1, -0.05) is 54.1 Å². The van der Waals surface area contributed by atoms with Crippen molar-refractivity contribution in [2.75, 3.05) is 18.5 Å². The Bertz CT molecular complexity index is 914. The van der Waals surface area contributed by atoms with Crippen molar-refractivity contribution in [1.29, 1.82) is 0 Å². The molecule has 0 aliphatic carbocycles. The summed E-state index contributed by atoms with van der Waals surface area (Å²) in [6, 6.07) is 17.5. The number of rotatable bonds is 7. The molecule has 0 atom stereocenters. The van der Waals surface area contributed by atoms with E-state index in [2.05, 4.69) is 22.1 Å².